The number of carboxylic acids is 2. The molecule has 4 atom stereocenters. The number of hydrogen-bond donors (Lipinski definition) is 7. The van der Waals surface area contributed by atoms with E-state index < -0.39 is 66.9 Å². The van der Waals surface area contributed by atoms with Gasteiger partial charge >= 0.3 is 11.9 Å². The second-order valence-electron chi connectivity index (χ2n) is 7.91. The fourth-order valence-corrected chi connectivity index (χ4v) is 3.59. The van der Waals surface area contributed by atoms with Crippen LogP contribution < -0.4 is 16.4 Å². The summed E-state index contributed by atoms with van der Waals surface area (Å²) in [6.07, 6.45) is -0.125. The molecule has 1 heterocycles. The summed E-state index contributed by atoms with van der Waals surface area (Å²) < 4.78 is 0. The molecule has 4 unspecified atom stereocenters. The fourth-order valence-electron chi connectivity index (χ4n) is 3.59. The summed E-state index contributed by atoms with van der Waals surface area (Å²) in [6.45, 7) is -0.641. The molecule has 13 heteroatoms. The minimum absolute atomic E-state index is 0.0505. The molecule has 0 spiro atoms. The molecule has 0 aliphatic carbocycles. The van der Waals surface area contributed by atoms with Crippen molar-refractivity contribution >= 4 is 29.7 Å². The van der Waals surface area contributed by atoms with Gasteiger partial charge in [-0.05, 0) is 37.0 Å². The number of nitrogens with zero attached hydrogens (tertiary/aromatic N) is 1. The van der Waals surface area contributed by atoms with Crippen molar-refractivity contribution in [3.63, 3.8) is 0 Å². The van der Waals surface area contributed by atoms with Gasteiger partial charge in [-0.25, -0.2) is 4.79 Å². The van der Waals surface area contributed by atoms with Crippen LogP contribution in [0.5, 0.6) is 5.75 Å². The van der Waals surface area contributed by atoms with Crippen molar-refractivity contribution in [2.75, 3.05) is 13.2 Å². The molecule has 8 N–H and O–H groups in total. The first kappa shape index (κ1) is 26.5. The Morgan fingerprint density at radius 2 is 1.71 bits per heavy atom. The molecule has 34 heavy (non-hydrogen) atoms. The topological polar surface area (TPSA) is 220 Å². The number of aliphatic hydroxyl groups is 1. The lowest BCUT2D eigenvalue weighted by molar-refractivity contribution is -0.148. The number of aliphatic carboxylic acids is 2. The largest absolute Gasteiger partial charge is 0.508 e. The third-order valence-electron chi connectivity index (χ3n) is 5.36. The van der Waals surface area contributed by atoms with Gasteiger partial charge in [-0.2, -0.15) is 0 Å². The Morgan fingerprint density at radius 1 is 1.06 bits per heavy atom. The predicted octanol–water partition coefficient (Wildman–Crippen LogP) is -2.23. The lowest BCUT2D eigenvalue weighted by Gasteiger charge is -2.29. The van der Waals surface area contributed by atoms with Gasteiger partial charge in [-0.1, -0.05) is 12.1 Å². The number of hydrogen-bond acceptors (Lipinski definition) is 8. The Labute approximate surface area is 194 Å². The summed E-state index contributed by atoms with van der Waals surface area (Å²) in [7, 11) is 0. The standard InChI is InChI=1S/C21H28N4O9/c22-13(8-11-3-5-12(27)6-4-11)18(30)24-15(10-26)20(32)25-7-1-2-16(25)19(31)23-14(21(33)34)9-17(28)29/h3-6,13-16,26-27H,1-2,7-10,22H2,(H,23,31)(H,24,30)(H,28,29)(H,33,34). The van der Waals surface area contributed by atoms with Crippen LogP contribution in [0.4, 0.5) is 0 Å². The smallest absolute Gasteiger partial charge is 0.326 e. The Kier molecular flexibility index (Phi) is 9.33. The van der Waals surface area contributed by atoms with E-state index in [0.29, 0.717) is 12.0 Å². The quantitative estimate of drug-likeness (QED) is 0.181. The second kappa shape index (κ2) is 12.0. The van der Waals surface area contributed by atoms with E-state index >= 15 is 0 Å². The van der Waals surface area contributed by atoms with Crippen molar-refractivity contribution in [2.45, 2.75) is 49.9 Å². The lowest BCUT2D eigenvalue weighted by atomic mass is 10.1. The molecule has 186 valence electrons. The summed E-state index contributed by atoms with van der Waals surface area (Å²) in [6, 6.07) is 0.832. The molecule has 1 aliphatic heterocycles. The molecule has 1 aromatic rings. The monoisotopic (exact) mass is 480 g/mol. The minimum Gasteiger partial charge on any atom is -0.508 e. The van der Waals surface area contributed by atoms with Crippen LogP contribution in [0.15, 0.2) is 24.3 Å². The fraction of sp³-hybridized carbons (Fsp3) is 0.476. The molecule has 13 nitrogen and oxygen atoms in total. The maximum atomic E-state index is 12.9. The first-order valence-electron chi connectivity index (χ1n) is 10.5. The van der Waals surface area contributed by atoms with E-state index in [2.05, 4.69) is 10.6 Å². The molecule has 3 amide bonds. The molecule has 2 rings (SSSR count). The van der Waals surface area contributed by atoms with Crippen LogP contribution in [-0.4, -0.2) is 92.3 Å². The van der Waals surface area contributed by atoms with Crippen LogP contribution >= 0.6 is 0 Å². The van der Waals surface area contributed by atoms with Gasteiger partial charge in [0.25, 0.3) is 0 Å². The molecule has 0 saturated carbocycles. The van der Waals surface area contributed by atoms with Gasteiger partial charge in [0.15, 0.2) is 0 Å². The zero-order valence-electron chi connectivity index (χ0n) is 18.2. The predicted molar refractivity (Wildman–Crippen MR) is 115 cm³/mol. The summed E-state index contributed by atoms with van der Waals surface area (Å²) >= 11 is 0. The number of benzene rings is 1. The van der Waals surface area contributed by atoms with Crippen molar-refractivity contribution in [1.29, 1.82) is 0 Å². The average molecular weight is 480 g/mol. The van der Waals surface area contributed by atoms with Crippen LogP contribution in [-0.2, 0) is 30.4 Å². The maximum Gasteiger partial charge on any atom is 0.326 e. The Balaban J connectivity index is 2.02. The number of rotatable bonds is 11. The summed E-state index contributed by atoms with van der Waals surface area (Å²) in [5, 5.41) is 41.4. The van der Waals surface area contributed by atoms with Crippen molar-refractivity contribution in [2.24, 2.45) is 5.73 Å². The van der Waals surface area contributed by atoms with Crippen LogP contribution in [0.3, 0.4) is 0 Å². The Morgan fingerprint density at radius 3 is 2.26 bits per heavy atom. The first-order chi connectivity index (χ1) is 16.0. The summed E-state index contributed by atoms with van der Waals surface area (Å²) in [4.78, 5) is 61.2. The number of phenolic OH excluding ortho intramolecular Hbond substituents is 1. The van der Waals surface area contributed by atoms with E-state index in [9.17, 15) is 34.2 Å². The highest BCUT2D eigenvalue weighted by atomic mass is 16.4. The van der Waals surface area contributed by atoms with Crippen molar-refractivity contribution in [3.05, 3.63) is 29.8 Å². The third kappa shape index (κ3) is 7.15. The van der Waals surface area contributed by atoms with Crippen LogP contribution in [0.25, 0.3) is 0 Å². The van der Waals surface area contributed by atoms with Gasteiger partial charge in [0.05, 0.1) is 19.1 Å². The number of aromatic hydroxyl groups is 1. The molecular weight excluding hydrogens is 452 g/mol. The van der Waals surface area contributed by atoms with Gasteiger partial charge in [0.1, 0.15) is 23.9 Å². The zero-order chi connectivity index (χ0) is 25.4. The number of phenols is 1. The molecule has 1 fully saturated rings. The number of aliphatic hydroxyl groups excluding tert-OH is 1. The van der Waals surface area contributed by atoms with Gasteiger partial charge in [-0.3, -0.25) is 19.2 Å². The number of carbonyl (C=O) groups excluding carboxylic acids is 3. The number of nitrogens with one attached hydrogen (secondary N) is 2. The molecule has 0 bridgehead atoms. The van der Waals surface area contributed by atoms with Gasteiger partial charge in [0, 0.05) is 6.54 Å². The lowest BCUT2D eigenvalue weighted by Crippen LogP contribution is -2.58. The Hall–Kier alpha value is -3.71. The number of nitrogens with two attached hydrogens (primary N) is 1. The zero-order valence-corrected chi connectivity index (χ0v) is 18.2. The molecule has 0 radical (unpaired) electrons. The Bertz CT molecular complexity index is 921. The highest BCUT2D eigenvalue weighted by Crippen LogP contribution is 2.19. The van der Waals surface area contributed by atoms with E-state index in [1.807, 2.05) is 0 Å². The summed E-state index contributed by atoms with van der Waals surface area (Å²) in [5.74, 6) is -5.21. The van der Waals surface area contributed by atoms with E-state index in [1.54, 1.807) is 12.1 Å². The van der Waals surface area contributed by atoms with E-state index in [4.69, 9.17) is 15.9 Å². The SMILES string of the molecule is NC(Cc1ccc(O)cc1)C(=O)NC(CO)C(=O)N1CCCC1C(=O)NC(CC(=O)O)C(=O)O. The summed E-state index contributed by atoms with van der Waals surface area (Å²) in [5.41, 5.74) is 6.56. The van der Waals surface area contributed by atoms with Crippen molar-refractivity contribution < 1.29 is 44.4 Å². The molecule has 1 aliphatic rings. The molecule has 0 aromatic heterocycles. The van der Waals surface area contributed by atoms with Gasteiger partial charge < -0.3 is 41.7 Å². The van der Waals surface area contributed by atoms with Gasteiger partial charge in [-0.15, -0.1) is 0 Å². The third-order valence-corrected chi connectivity index (χ3v) is 5.36. The van der Waals surface area contributed by atoms with E-state index in [0.717, 1.165) is 4.90 Å². The highest BCUT2D eigenvalue weighted by molar-refractivity contribution is 5.95. The van der Waals surface area contributed by atoms with Crippen molar-refractivity contribution in [1.82, 2.24) is 15.5 Å². The number of carboxylic acid groups (broad SMARTS) is 2. The minimum atomic E-state index is -1.67. The normalized spacial score (nSPS) is 17.9. The maximum absolute atomic E-state index is 12.9. The molecule has 1 aromatic carbocycles. The van der Waals surface area contributed by atoms with Crippen molar-refractivity contribution in [3.8, 4) is 5.75 Å². The van der Waals surface area contributed by atoms with Crippen LogP contribution in [0.1, 0.15) is 24.8 Å². The molecular formula is C21H28N4O9. The van der Waals surface area contributed by atoms with Gasteiger partial charge in [0.2, 0.25) is 17.7 Å². The number of carbonyl (C=O) groups is 5. The van der Waals surface area contributed by atoms with Crippen LogP contribution in [0, 0.1) is 0 Å². The van der Waals surface area contributed by atoms with E-state index in [-0.39, 0.29) is 25.1 Å². The number of amides is 3. The van der Waals surface area contributed by atoms with Crippen LogP contribution in [0.2, 0.25) is 0 Å². The highest BCUT2D eigenvalue weighted by Gasteiger charge is 2.39. The number of likely N-dealkylation sites (tertiary alicyclic amines) is 1. The first-order valence-corrected chi connectivity index (χ1v) is 10.5. The average Bonchev–Trinajstić information content (AvgIpc) is 3.27. The molecule has 1 saturated heterocycles. The van der Waals surface area contributed by atoms with E-state index in [1.165, 1.54) is 12.1 Å². The second-order valence-corrected chi connectivity index (χ2v) is 7.91.